The number of carbonyl (C=O) groups is 2. The van der Waals surface area contributed by atoms with Crippen molar-refractivity contribution in [1.29, 1.82) is 0 Å². The number of anilines is 2. The number of hydrogen-bond acceptors (Lipinski definition) is 4. The molecule has 7 nitrogen and oxygen atoms in total. The van der Waals surface area contributed by atoms with Gasteiger partial charge in [-0.05, 0) is 6.07 Å². The largest absolute Gasteiger partial charge is 0.481 e. The van der Waals surface area contributed by atoms with E-state index in [1.165, 1.54) is 18.0 Å². The van der Waals surface area contributed by atoms with E-state index < -0.39 is 17.8 Å². The van der Waals surface area contributed by atoms with Gasteiger partial charge in [0.1, 0.15) is 5.82 Å². The van der Waals surface area contributed by atoms with Gasteiger partial charge in [0.15, 0.2) is 0 Å². The van der Waals surface area contributed by atoms with Crippen LogP contribution in [0.25, 0.3) is 0 Å². The lowest BCUT2D eigenvalue weighted by Gasteiger charge is -2.31. The Morgan fingerprint density at radius 1 is 1.42 bits per heavy atom. The maximum atomic E-state index is 13.8. The molecule has 0 bridgehead atoms. The van der Waals surface area contributed by atoms with Crippen molar-refractivity contribution in [3.63, 3.8) is 0 Å². The zero-order valence-electron chi connectivity index (χ0n) is 13.2. The Kier molecular flexibility index (Phi) is 6.22. The Morgan fingerprint density at radius 3 is 2.71 bits per heavy atom. The van der Waals surface area contributed by atoms with Gasteiger partial charge in [-0.3, -0.25) is 4.79 Å². The highest BCUT2D eigenvalue weighted by Crippen LogP contribution is 2.32. The number of carbonyl (C=O) groups excluding carboxylic acids is 1. The number of urea groups is 1. The predicted molar refractivity (Wildman–Crippen MR) is 88.3 cm³/mol. The molecule has 132 valence electrons. The molecule has 2 amide bonds. The first kappa shape index (κ1) is 18.3. The molecule has 2 N–H and O–H groups in total. The minimum atomic E-state index is -0.999. The number of ether oxygens (including phenoxy) is 1. The van der Waals surface area contributed by atoms with Crippen LogP contribution in [0.2, 0.25) is 5.02 Å². The summed E-state index contributed by atoms with van der Waals surface area (Å²) in [7, 11) is 1.47. The molecule has 0 saturated carbocycles. The summed E-state index contributed by atoms with van der Waals surface area (Å²) in [4.78, 5) is 25.9. The third-order valence-corrected chi connectivity index (χ3v) is 3.93. The number of nitrogens with one attached hydrogen (secondary N) is 1. The number of hydrogen-bond donors (Lipinski definition) is 2. The zero-order chi connectivity index (χ0) is 17.7. The van der Waals surface area contributed by atoms with Crippen LogP contribution in [-0.2, 0) is 9.53 Å². The number of nitrogens with zero attached hydrogens (tertiary/aromatic N) is 2. The number of rotatable bonds is 5. The molecular formula is C15H19ClFN3O4. The van der Waals surface area contributed by atoms with Crippen molar-refractivity contribution < 1.29 is 23.8 Å². The van der Waals surface area contributed by atoms with E-state index in [9.17, 15) is 14.0 Å². The first-order valence-corrected chi connectivity index (χ1v) is 7.82. The SMILES string of the molecule is CN(CCC(=O)O)C(=O)Nc1cc(F)c(Cl)cc1N1CCOCC1. The van der Waals surface area contributed by atoms with Gasteiger partial charge in [-0.15, -0.1) is 0 Å². The van der Waals surface area contributed by atoms with Crippen LogP contribution in [0.1, 0.15) is 6.42 Å². The van der Waals surface area contributed by atoms with Gasteiger partial charge in [0, 0.05) is 32.7 Å². The van der Waals surface area contributed by atoms with E-state index in [1.54, 1.807) is 0 Å². The lowest BCUT2D eigenvalue weighted by atomic mass is 10.2. The van der Waals surface area contributed by atoms with Crippen molar-refractivity contribution in [1.82, 2.24) is 4.90 Å². The van der Waals surface area contributed by atoms with Crippen molar-refractivity contribution >= 4 is 35.0 Å². The molecule has 0 aromatic heterocycles. The lowest BCUT2D eigenvalue weighted by molar-refractivity contribution is -0.137. The van der Waals surface area contributed by atoms with Crippen LogP contribution in [-0.4, -0.2) is 61.9 Å². The molecule has 24 heavy (non-hydrogen) atoms. The first-order chi connectivity index (χ1) is 11.4. The Balaban J connectivity index is 2.17. The molecule has 1 aliphatic rings. The van der Waals surface area contributed by atoms with Gasteiger partial charge in [0.25, 0.3) is 0 Å². The second-order valence-corrected chi connectivity index (χ2v) is 5.79. The molecule has 0 unspecified atom stereocenters. The summed E-state index contributed by atoms with van der Waals surface area (Å²) in [5.41, 5.74) is 0.885. The van der Waals surface area contributed by atoms with E-state index in [2.05, 4.69) is 5.32 Å². The topological polar surface area (TPSA) is 82.1 Å². The van der Waals surface area contributed by atoms with Crippen LogP contribution < -0.4 is 10.2 Å². The predicted octanol–water partition coefficient (Wildman–Crippen LogP) is 2.25. The number of carboxylic acids is 1. The average molecular weight is 360 g/mol. The summed E-state index contributed by atoms with van der Waals surface area (Å²) in [5, 5.41) is 11.3. The van der Waals surface area contributed by atoms with Crippen molar-refractivity contribution in [3.8, 4) is 0 Å². The summed E-state index contributed by atoms with van der Waals surface area (Å²) < 4.78 is 19.1. The van der Waals surface area contributed by atoms with E-state index in [0.29, 0.717) is 32.0 Å². The minimum absolute atomic E-state index is 0.0336. The normalized spacial score (nSPS) is 14.4. The van der Waals surface area contributed by atoms with Crippen LogP contribution in [0, 0.1) is 5.82 Å². The highest BCUT2D eigenvalue weighted by molar-refractivity contribution is 6.31. The number of halogens is 2. The maximum Gasteiger partial charge on any atom is 0.321 e. The lowest BCUT2D eigenvalue weighted by Crippen LogP contribution is -2.38. The van der Waals surface area contributed by atoms with E-state index in [1.807, 2.05) is 4.90 Å². The highest BCUT2D eigenvalue weighted by atomic mass is 35.5. The van der Waals surface area contributed by atoms with E-state index in [-0.39, 0.29) is 23.7 Å². The quantitative estimate of drug-likeness (QED) is 0.842. The van der Waals surface area contributed by atoms with Gasteiger partial charge >= 0.3 is 12.0 Å². The fourth-order valence-corrected chi connectivity index (χ4v) is 2.44. The Hall–Kier alpha value is -2.06. The molecule has 1 aromatic rings. The molecule has 1 saturated heterocycles. The smallest absolute Gasteiger partial charge is 0.321 e. The highest BCUT2D eigenvalue weighted by Gasteiger charge is 2.20. The number of aliphatic carboxylic acids is 1. The van der Waals surface area contributed by atoms with Crippen molar-refractivity contribution in [2.24, 2.45) is 0 Å². The van der Waals surface area contributed by atoms with E-state index in [0.717, 1.165) is 6.07 Å². The molecule has 1 aromatic carbocycles. The summed E-state index contributed by atoms with van der Waals surface area (Å²) in [6.45, 7) is 2.30. The van der Waals surface area contributed by atoms with Crippen molar-refractivity contribution in [2.45, 2.75) is 6.42 Å². The van der Waals surface area contributed by atoms with Crippen molar-refractivity contribution in [2.75, 3.05) is 50.1 Å². The molecule has 9 heteroatoms. The second kappa shape index (κ2) is 8.16. The summed E-state index contributed by atoms with van der Waals surface area (Å²) in [6.07, 6.45) is -0.171. The Bertz CT molecular complexity index is 623. The second-order valence-electron chi connectivity index (χ2n) is 5.38. The number of amides is 2. The van der Waals surface area contributed by atoms with Crippen LogP contribution in [0.4, 0.5) is 20.6 Å². The third-order valence-electron chi connectivity index (χ3n) is 3.64. The van der Waals surface area contributed by atoms with E-state index in [4.69, 9.17) is 21.4 Å². The summed E-state index contributed by atoms with van der Waals surface area (Å²) in [5.74, 6) is -1.64. The van der Waals surface area contributed by atoms with Crippen LogP contribution in [0.15, 0.2) is 12.1 Å². The van der Waals surface area contributed by atoms with Gasteiger partial charge in [-0.1, -0.05) is 11.6 Å². The van der Waals surface area contributed by atoms with E-state index >= 15 is 0 Å². The average Bonchev–Trinajstić information content (AvgIpc) is 2.56. The zero-order valence-corrected chi connectivity index (χ0v) is 14.0. The number of benzene rings is 1. The van der Waals surface area contributed by atoms with Gasteiger partial charge < -0.3 is 25.0 Å². The van der Waals surface area contributed by atoms with Gasteiger partial charge in [0.2, 0.25) is 0 Å². The molecule has 2 rings (SSSR count). The summed E-state index contributed by atoms with van der Waals surface area (Å²) in [6, 6.07) is 2.11. The minimum Gasteiger partial charge on any atom is -0.481 e. The van der Waals surface area contributed by atoms with Crippen LogP contribution >= 0.6 is 11.6 Å². The molecule has 1 fully saturated rings. The number of morpholine rings is 1. The van der Waals surface area contributed by atoms with Gasteiger partial charge in [-0.2, -0.15) is 0 Å². The first-order valence-electron chi connectivity index (χ1n) is 7.44. The number of carboxylic acid groups (broad SMARTS) is 1. The Labute approximate surface area is 143 Å². The molecule has 1 heterocycles. The fourth-order valence-electron chi connectivity index (χ4n) is 2.28. The molecule has 0 aliphatic carbocycles. The molecule has 0 atom stereocenters. The Morgan fingerprint density at radius 2 is 2.08 bits per heavy atom. The molecule has 0 spiro atoms. The monoisotopic (exact) mass is 359 g/mol. The van der Waals surface area contributed by atoms with Crippen LogP contribution in [0.3, 0.4) is 0 Å². The molecule has 1 aliphatic heterocycles. The molecule has 0 radical (unpaired) electrons. The van der Waals surface area contributed by atoms with Gasteiger partial charge in [-0.25, -0.2) is 9.18 Å². The molecular weight excluding hydrogens is 341 g/mol. The maximum absolute atomic E-state index is 13.8. The standard InChI is InChI=1S/C15H19ClFN3O4/c1-19(3-2-14(21)22)15(23)18-12-9-11(17)10(16)8-13(12)20-4-6-24-7-5-20/h8-9H,2-7H2,1H3,(H,18,23)(H,21,22). The van der Waals surface area contributed by atoms with Crippen LogP contribution in [0.5, 0.6) is 0 Å². The fraction of sp³-hybridized carbons (Fsp3) is 0.467. The summed E-state index contributed by atoms with van der Waals surface area (Å²) >= 11 is 5.87. The van der Waals surface area contributed by atoms with Crippen molar-refractivity contribution in [3.05, 3.63) is 23.0 Å². The van der Waals surface area contributed by atoms with Gasteiger partial charge in [0.05, 0.1) is 36.0 Å². The third kappa shape index (κ3) is 4.72.